The van der Waals surface area contributed by atoms with Crippen molar-refractivity contribution in [3.05, 3.63) is 54.2 Å². The number of nitrogens with one attached hydrogen (secondary N) is 2. The molecular formula is C27H37N3O3. The van der Waals surface area contributed by atoms with Crippen molar-refractivity contribution in [3.63, 3.8) is 0 Å². The number of likely N-dealkylation sites (N-methyl/N-ethyl adjacent to an activating group) is 1. The van der Waals surface area contributed by atoms with Gasteiger partial charge in [0.1, 0.15) is 11.5 Å². The third-order valence-electron chi connectivity index (χ3n) is 6.36. The maximum atomic E-state index is 12.1. The van der Waals surface area contributed by atoms with E-state index in [1.807, 2.05) is 30.3 Å². The molecule has 0 aliphatic rings. The molecule has 2 aromatic carbocycles. The Kier molecular flexibility index (Phi) is 9.19. The number of carbonyl (C=O) groups is 1. The van der Waals surface area contributed by atoms with E-state index in [-0.39, 0.29) is 5.91 Å². The van der Waals surface area contributed by atoms with Crippen molar-refractivity contribution in [3.8, 4) is 11.5 Å². The number of amides is 1. The third kappa shape index (κ3) is 7.26. The quantitative estimate of drug-likeness (QED) is 0.330. The molecule has 1 amide bonds. The van der Waals surface area contributed by atoms with Gasteiger partial charge in [0.2, 0.25) is 5.91 Å². The molecule has 0 bridgehead atoms. The van der Waals surface area contributed by atoms with Crippen molar-refractivity contribution in [1.29, 1.82) is 0 Å². The second-order valence-electron chi connectivity index (χ2n) is 8.68. The third-order valence-corrected chi connectivity index (χ3v) is 6.36. The lowest BCUT2D eigenvalue weighted by molar-refractivity contribution is -0.116. The molecule has 6 heteroatoms. The number of hydrogen-bond donors (Lipinski definition) is 2. The average Bonchev–Trinajstić information content (AvgIpc) is 3.24. The summed E-state index contributed by atoms with van der Waals surface area (Å²) in [6.07, 6.45) is 7.91. The van der Waals surface area contributed by atoms with Gasteiger partial charge >= 0.3 is 0 Å². The van der Waals surface area contributed by atoms with Gasteiger partial charge in [-0.05, 0) is 81.3 Å². The highest BCUT2D eigenvalue weighted by Crippen LogP contribution is 2.24. The highest BCUT2D eigenvalue weighted by atomic mass is 16.5. The van der Waals surface area contributed by atoms with E-state index in [1.165, 1.54) is 10.9 Å². The molecule has 2 N–H and O–H groups in total. The number of hydrogen-bond acceptors (Lipinski definition) is 4. The first-order chi connectivity index (χ1) is 16.0. The topological polar surface area (TPSA) is 66.6 Å². The largest absolute Gasteiger partial charge is 0.497 e. The lowest BCUT2D eigenvalue weighted by Gasteiger charge is -2.24. The lowest BCUT2D eigenvalue weighted by atomic mass is 10.1. The minimum atomic E-state index is 0.0701. The van der Waals surface area contributed by atoms with Gasteiger partial charge in [0.15, 0.2) is 0 Å². The summed E-state index contributed by atoms with van der Waals surface area (Å²) >= 11 is 0. The van der Waals surface area contributed by atoms with Crippen molar-refractivity contribution >= 4 is 22.5 Å². The summed E-state index contributed by atoms with van der Waals surface area (Å²) < 4.78 is 10.5. The van der Waals surface area contributed by atoms with Gasteiger partial charge in [-0.3, -0.25) is 4.79 Å². The summed E-state index contributed by atoms with van der Waals surface area (Å²) in [6, 6.07) is 14.1. The van der Waals surface area contributed by atoms with Crippen LogP contribution in [0.15, 0.2) is 48.7 Å². The summed E-state index contributed by atoms with van der Waals surface area (Å²) in [5.41, 5.74) is 3.29. The van der Waals surface area contributed by atoms with Crippen molar-refractivity contribution in [2.24, 2.45) is 0 Å². The molecule has 0 aliphatic heterocycles. The van der Waals surface area contributed by atoms with Gasteiger partial charge in [0, 0.05) is 41.8 Å². The molecule has 1 unspecified atom stereocenters. The second-order valence-corrected chi connectivity index (χ2v) is 8.68. The average molecular weight is 452 g/mol. The number of aromatic nitrogens is 1. The molecule has 1 atom stereocenters. The zero-order valence-corrected chi connectivity index (χ0v) is 20.3. The zero-order valence-electron chi connectivity index (χ0n) is 20.3. The Morgan fingerprint density at radius 1 is 1.03 bits per heavy atom. The van der Waals surface area contributed by atoms with E-state index in [0.29, 0.717) is 12.5 Å². The Morgan fingerprint density at radius 2 is 1.76 bits per heavy atom. The summed E-state index contributed by atoms with van der Waals surface area (Å²) in [4.78, 5) is 17.9. The molecule has 0 spiro atoms. The van der Waals surface area contributed by atoms with Crippen LogP contribution in [0.3, 0.4) is 0 Å². The fraction of sp³-hybridized carbons (Fsp3) is 0.444. The maximum absolute atomic E-state index is 12.1. The molecule has 33 heavy (non-hydrogen) atoms. The molecule has 0 saturated carbocycles. The summed E-state index contributed by atoms with van der Waals surface area (Å²) in [5.74, 6) is 1.75. The van der Waals surface area contributed by atoms with E-state index < -0.39 is 0 Å². The molecular weight excluding hydrogens is 414 g/mol. The van der Waals surface area contributed by atoms with Gasteiger partial charge in [0.25, 0.3) is 0 Å². The van der Waals surface area contributed by atoms with Gasteiger partial charge in [-0.2, -0.15) is 0 Å². The molecule has 3 rings (SSSR count). The number of unbranched alkanes of at least 4 members (excludes halogenated alkanes) is 2. The van der Waals surface area contributed by atoms with E-state index in [1.54, 1.807) is 14.2 Å². The highest BCUT2D eigenvalue weighted by Gasteiger charge is 2.11. The van der Waals surface area contributed by atoms with E-state index in [9.17, 15) is 4.79 Å². The van der Waals surface area contributed by atoms with E-state index >= 15 is 0 Å². The van der Waals surface area contributed by atoms with Crippen LogP contribution in [0.2, 0.25) is 0 Å². The number of fused-ring (bicyclic) bond motifs is 1. The fourth-order valence-electron chi connectivity index (χ4n) is 4.03. The maximum Gasteiger partial charge on any atom is 0.224 e. The predicted molar refractivity (Wildman–Crippen MR) is 135 cm³/mol. The SMILES string of the molecule is COc1ccc(NC(=O)CCCCCC(C)N(C)CCc2c[nH]c3ccc(OC)cc23)cc1. The normalized spacial score (nSPS) is 12.2. The van der Waals surface area contributed by atoms with Crippen LogP contribution >= 0.6 is 0 Å². The molecule has 0 aliphatic carbocycles. The monoisotopic (exact) mass is 451 g/mol. The van der Waals surface area contributed by atoms with Crippen LogP contribution in [-0.2, 0) is 11.2 Å². The number of methoxy groups -OCH3 is 2. The van der Waals surface area contributed by atoms with Crippen molar-refractivity contribution in [2.75, 3.05) is 33.1 Å². The first kappa shape index (κ1) is 24.6. The molecule has 0 fully saturated rings. The van der Waals surface area contributed by atoms with Gasteiger partial charge in [-0.15, -0.1) is 0 Å². The first-order valence-electron chi connectivity index (χ1n) is 11.8. The summed E-state index contributed by atoms with van der Waals surface area (Å²) in [7, 11) is 5.53. The molecule has 6 nitrogen and oxygen atoms in total. The van der Waals surface area contributed by atoms with Crippen LogP contribution in [0.1, 0.15) is 44.6 Å². The Hall–Kier alpha value is -2.99. The Balaban J connectivity index is 1.32. The number of carbonyl (C=O) groups excluding carboxylic acids is 1. The molecule has 1 heterocycles. The van der Waals surface area contributed by atoms with Crippen LogP contribution in [0.4, 0.5) is 5.69 Å². The zero-order chi connectivity index (χ0) is 23.6. The molecule has 0 radical (unpaired) electrons. The minimum absolute atomic E-state index is 0.0701. The number of ether oxygens (including phenoxy) is 2. The first-order valence-corrected chi connectivity index (χ1v) is 11.8. The van der Waals surface area contributed by atoms with E-state index in [2.05, 4.69) is 47.5 Å². The van der Waals surface area contributed by atoms with Crippen LogP contribution in [-0.4, -0.2) is 49.6 Å². The van der Waals surface area contributed by atoms with Gasteiger partial charge in [0.05, 0.1) is 14.2 Å². The number of aromatic amines is 1. The number of anilines is 1. The molecule has 1 aromatic heterocycles. The molecule has 178 valence electrons. The van der Waals surface area contributed by atoms with Crippen molar-refractivity contribution in [2.45, 2.75) is 51.5 Å². The summed E-state index contributed by atoms with van der Waals surface area (Å²) in [6.45, 7) is 3.30. The Bertz CT molecular complexity index is 1010. The Labute approximate surface area is 197 Å². The Morgan fingerprint density at radius 3 is 2.48 bits per heavy atom. The fourth-order valence-corrected chi connectivity index (χ4v) is 4.03. The lowest BCUT2D eigenvalue weighted by Crippen LogP contribution is -2.30. The number of rotatable bonds is 13. The second kappa shape index (κ2) is 12.3. The predicted octanol–water partition coefficient (Wildman–Crippen LogP) is 5.64. The van der Waals surface area contributed by atoms with Crippen LogP contribution in [0, 0.1) is 0 Å². The minimum Gasteiger partial charge on any atom is -0.497 e. The van der Waals surface area contributed by atoms with Crippen LogP contribution < -0.4 is 14.8 Å². The van der Waals surface area contributed by atoms with Crippen molar-refractivity contribution < 1.29 is 14.3 Å². The molecule has 0 saturated heterocycles. The van der Waals surface area contributed by atoms with Crippen molar-refractivity contribution in [1.82, 2.24) is 9.88 Å². The van der Waals surface area contributed by atoms with Crippen LogP contribution in [0.25, 0.3) is 10.9 Å². The van der Waals surface area contributed by atoms with Gasteiger partial charge < -0.3 is 24.7 Å². The van der Waals surface area contributed by atoms with E-state index in [0.717, 1.165) is 61.4 Å². The van der Waals surface area contributed by atoms with Gasteiger partial charge in [-0.25, -0.2) is 0 Å². The molecule has 3 aromatic rings. The number of nitrogens with zero attached hydrogens (tertiary/aromatic N) is 1. The van der Waals surface area contributed by atoms with Gasteiger partial charge in [-0.1, -0.05) is 12.8 Å². The number of H-pyrrole nitrogens is 1. The smallest absolute Gasteiger partial charge is 0.224 e. The highest BCUT2D eigenvalue weighted by molar-refractivity contribution is 5.90. The van der Waals surface area contributed by atoms with E-state index in [4.69, 9.17) is 9.47 Å². The standard InChI is InChI=1S/C27H37N3O3/c1-20(8-6-5-7-9-27(31)29-22-10-12-23(32-3)13-11-22)30(2)17-16-21-19-28-26-15-14-24(33-4)18-25(21)26/h10-15,18-20,28H,5-9,16-17H2,1-4H3,(H,29,31). The van der Waals surface area contributed by atoms with Crippen LogP contribution in [0.5, 0.6) is 11.5 Å². The summed E-state index contributed by atoms with van der Waals surface area (Å²) in [5, 5.41) is 4.19. The number of benzene rings is 2.